The van der Waals surface area contributed by atoms with Crippen molar-refractivity contribution in [1.29, 1.82) is 0 Å². The Kier molecular flexibility index (Phi) is 8.57. The fourth-order valence-electron chi connectivity index (χ4n) is 4.65. The molecule has 0 amide bonds. The molecule has 4 aromatic rings. The molecule has 0 saturated heterocycles. The van der Waals surface area contributed by atoms with Crippen LogP contribution in [-0.2, 0) is 15.3 Å². The molecule has 3 aromatic carbocycles. The summed E-state index contributed by atoms with van der Waals surface area (Å²) >= 11 is 7.71. The Bertz CT molecular complexity index is 1600. The summed E-state index contributed by atoms with van der Waals surface area (Å²) in [7, 11) is 0. The number of nitrogens with zero attached hydrogens (tertiary/aromatic N) is 1. The maximum absolute atomic E-state index is 13.7. The minimum absolute atomic E-state index is 0.194. The number of carbonyl (C=O) groups is 1. The molecule has 40 heavy (non-hydrogen) atoms. The molecule has 1 atom stereocenters. The molecule has 204 valence electrons. The van der Waals surface area contributed by atoms with Crippen molar-refractivity contribution in [3.8, 4) is 5.75 Å². The number of halogens is 1. The van der Waals surface area contributed by atoms with E-state index in [1.807, 2.05) is 85.8 Å². The number of anilines is 1. The zero-order valence-electron chi connectivity index (χ0n) is 22.1. The van der Waals surface area contributed by atoms with Crippen molar-refractivity contribution in [1.82, 2.24) is 9.97 Å². The highest BCUT2D eigenvalue weighted by atomic mass is 35.5. The number of H-pyrrole nitrogens is 1. The molecular formula is C31H28ClN3O4S. The van der Waals surface area contributed by atoms with Gasteiger partial charge in [-0.2, -0.15) is 0 Å². The van der Waals surface area contributed by atoms with E-state index in [0.717, 1.165) is 16.7 Å². The van der Waals surface area contributed by atoms with Gasteiger partial charge in [-0.3, -0.25) is 4.79 Å². The van der Waals surface area contributed by atoms with Gasteiger partial charge in [0.05, 0.1) is 36.0 Å². The number of carbonyl (C=O) groups excluding carboxylic acids is 1. The van der Waals surface area contributed by atoms with E-state index in [-0.39, 0.29) is 12.2 Å². The van der Waals surface area contributed by atoms with Crippen LogP contribution in [0.4, 0.5) is 5.82 Å². The van der Waals surface area contributed by atoms with Crippen LogP contribution in [0.5, 0.6) is 5.75 Å². The second-order valence-electron chi connectivity index (χ2n) is 8.95. The Morgan fingerprint density at radius 1 is 0.975 bits per heavy atom. The highest BCUT2D eigenvalue weighted by Crippen LogP contribution is 2.43. The summed E-state index contributed by atoms with van der Waals surface area (Å²) in [6.45, 7) is 4.39. The standard InChI is InChI=1S/C31H28ClN3O4S/c1-3-38-22-16-14-19(15-17-22)24-25(30(37)39-4-2)27(20-10-6-5-7-11-20)33-28-26(24)29(36)35-31(34-28)40-18-21-12-8-9-13-23(21)32/h5-17,24H,3-4,18H2,1-2H3,(H2,33,34,35,36). The van der Waals surface area contributed by atoms with Crippen LogP contribution in [0.15, 0.2) is 94.4 Å². The van der Waals surface area contributed by atoms with Gasteiger partial charge in [-0.05, 0) is 48.7 Å². The quantitative estimate of drug-likeness (QED) is 0.132. The number of aromatic amines is 1. The van der Waals surface area contributed by atoms with Gasteiger partial charge < -0.3 is 19.8 Å². The topological polar surface area (TPSA) is 93.3 Å². The Balaban J connectivity index is 1.65. The minimum atomic E-state index is -0.722. The van der Waals surface area contributed by atoms with E-state index in [2.05, 4.69) is 10.3 Å². The first-order valence-corrected chi connectivity index (χ1v) is 14.3. The van der Waals surface area contributed by atoms with Crippen LogP contribution in [-0.4, -0.2) is 29.2 Å². The number of thioether (sulfide) groups is 1. The normalized spacial score (nSPS) is 14.3. The molecule has 5 rings (SSSR count). The second-order valence-corrected chi connectivity index (χ2v) is 10.3. The molecule has 7 nitrogen and oxygen atoms in total. The molecule has 1 aromatic heterocycles. The summed E-state index contributed by atoms with van der Waals surface area (Å²) in [5.41, 5.74) is 3.34. The molecular weight excluding hydrogens is 546 g/mol. The molecule has 1 aliphatic rings. The highest BCUT2D eigenvalue weighted by Gasteiger charge is 2.38. The molecule has 0 aliphatic carbocycles. The average molecular weight is 574 g/mol. The lowest BCUT2D eigenvalue weighted by molar-refractivity contribution is -0.138. The Labute approximate surface area is 241 Å². The van der Waals surface area contributed by atoms with Crippen LogP contribution in [0.2, 0.25) is 5.02 Å². The lowest BCUT2D eigenvalue weighted by Gasteiger charge is -2.30. The number of esters is 1. The number of fused-ring (bicyclic) bond motifs is 1. The lowest BCUT2D eigenvalue weighted by atomic mass is 9.81. The molecule has 9 heteroatoms. The maximum atomic E-state index is 13.7. The summed E-state index contributed by atoms with van der Waals surface area (Å²) < 4.78 is 11.1. The van der Waals surface area contributed by atoms with Crippen molar-refractivity contribution in [2.75, 3.05) is 18.5 Å². The van der Waals surface area contributed by atoms with Gasteiger partial charge in [0.1, 0.15) is 11.6 Å². The van der Waals surface area contributed by atoms with E-state index in [1.54, 1.807) is 6.92 Å². The lowest BCUT2D eigenvalue weighted by Crippen LogP contribution is -2.31. The van der Waals surface area contributed by atoms with Crippen LogP contribution in [0.25, 0.3) is 5.70 Å². The predicted molar refractivity (Wildman–Crippen MR) is 159 cm³/mol. The van der Waals surface area contributed by atoms with Gasteiger partial charge in [0.15, 0.2) is 5.16 Å². The SMILES string of the molecule is CCOC(=O)C1=C(c2ccccc2)Nc2nc(SCc3ccccc3Cl)[nH]c(=O)c2C1c1ccc(OCC)cc1. The minimum Gasteiger partial charge on any atom is -0.494 e. The van der Waals surface area contributed by atoms with Crippen molar-refractivity contribution in [3.05, 3.63) is 122 Å². The van der Waals surface area contributed by atoms with E-state index >= 15 is 0 Å². The summed E-state index contributed by atoms with van der Waals surface area (Å²) in [4.78, 5) is 34.9. The molecule has 1 aliphatic heterocycles. The van der Waals surface area contributed by atoms with E-state index in [0.29, 0.717) is 50.9 Å². The molecule has 2 heterocycles. The highest BCUT2D eigenvalue weighted by molar-refractivity contribution is 7.98. The van der Waals surface area contributed by atoms with Gasteiger partial charge in [-0.1, -0.05) is 84.0 Å². The number of nitrogens with one attached hydrogen (secondary N) is 2. The maximum Gasteiger partial charge on any atom is 0.337 e. The van der Waals surface area contributed by atoms with E-state index in [1.165, 1.54) is 11.8 Å². The predicted octanol–water partition coefficient (Wildman–Crippen LogP) is 6.65. The van der Waals surface area contributed by atoms with Crippen LogP contribution in [0.1, 0.15) is 42.0 Å². The summed E-state index contributed by atoms with van der Waals surface area (Å²) in [6.07, 6.45) is 0. The van der Waals surface area contributed by atoms with Crippen LogP contribution < -0.4 is 15.6 Å². The van der Waals surface area contributed by atoms with Gasteiger partial charge in [0, 0.05) is 10.8 Å². The van der Waals surface area contributed by atoms with Crippen LogP contribution >= 0.6 is 23.4 Å². The van der Waals surface area contributed by atoms with Gasteiger partial charge in [-0.15, -0.1) is 0 Å². The van der Waals surface area contributed by atoms with Crippen molar-refractivity contribution >= 4 is 40.8 Å². The third kappa shape index (κ3) is 5.78. The Morgan fingerprint density at radius 2 is 1.70 bits per heavy atom. The monoisotopic (exact) mass is 573 g/mol. The fourth-order valence-corrected chi connectivity index (χ4v) is 5.79. The zero-order chi connectivity index (χ0) is 28.1. The molecule has 1 unspecified atom stereocenters. The van der Waals surface area contributed by atoms with Gasteiger partial charge in [-0.25, -0.2) is 9.78 Å². The zero-order valence-corrected chi connectivity index (χ0v) is 23.6. The van der Waals surface area contributed by atoms with Crippen molar-refractivity contribution in [3.63, 3.8) is 0 Å². The fraction of sp³-hybridized carbons (Fsp3) is 0.194. The van der Waals surface area contributed by atoms with E-state index < -0.39 is 11.9 Å². The molecule has 0 bridgehead atoms. The van der Waals surface area contributed by atoms with Gasteiger partial charge in [0.2, 0.25) is 0 Å². The average Bonchev–Trinajstić information content (AvgIpc) is 2.97. The van der Waals surface area contributed by atoms with Crippen LogP contribution in [0.3, 0.4) is 0 Å². The summed E-state index contributed by atoms with van der Waals surface area (Å²) in [5, 5.41) is 4.40. The Hall–Kier alpha value is -4.01. The van der Waals surface area contributed by atoms with Crippen molar-refractivity contribution in [2.24, 2.45) is 0 Å². The first-order valence-electron chi connectivity index (χ1n) is 13.0. The largest absolute Gasteiger partial charge is 0.494 e. The number of hydrogen-bond donors (Lipinski definition) is 2. The number of ether oxygens (including phenoxy) is 2. The number of aromatic nitrogens is 2. The number of benzene rings is 3. The Morgan fingerprint density at radius 3 is 2.40 bits per heavy atom. The third-order valence-electron chi connectivity index (χ3n) is 6.43. The molecule has 0 saturated carbocycles. The van der Waals surface area contributed by atoms with Crippen molar-refractivity contribution < 1.29 is 14.3 Å². The summed E-state index contributed by atoms with van der Waals surface area (Å²) in [6, 6.07) is 24.5. The summed E-state index contributed by atoms with van der Waals surface area (Å²) in [5.74, 6) is 0.383. The third-order valence-corrected chi connectivity index (χ3v) is 7.72. The number of rotatable bonds is 9. The van der Waals surface area contributed by atoms with Crippen molar-refractivity contribution in [2.45, 2.75) is 30.7 Å². The first kappa shape index (κ1) is 27.6. The van der Waals surface area contributed by atoms with E-state index in [4.69, 9.17) is 26.1 Å². The molecule has 0 radical (unpaired) electrons. The van der Waals surface area contributed by atoms with Gasteiger partial charge >= 0.3 is 5.97 Å². The van der Waals surface area contributed by atoms with Gasteiger partial charge in [0.25, 0.3) is 5.56 Å². The smallest absolute Gasteiger partial charge is 0.337 e. The number of hydrogen-bond acceptors (Lipinski definition) is 7. The molecule has 2 N–H and O–H groups in total. The second kappa shape index (κ2) is 12.4. The van der Waals surface area contributed by atoms with E-state index in [9.17, 15) is 9.59 Å². The first-order chi connectivity index (χ1) is 19.5. The molecule has 0 fully saturated rings. The van der Waals surface area contributed by atoms with Crippen LogP contribution in [0, 0.1) is 0 Å². The molecule has 0 spiro atoms.